The molecule has 0 radical (unpaired) electrons. The zero-order valence-electron chi connectivity index (χ0n) is 10.9. The lowest BCUT2D eigenvalue weighted by Gasteiger charge is -2.28. The molecule has 0 saturated carbocycles. The molecule has 100 valence electrons. The molecule has 18 heavy (non-hydrogen) atoms. The fourth-order valence-electron chi connectivity index (χ4n) is 2.25. The van der Waals surface area contributed by atoms with Crippen LogP contribution < -0.4 is 5.32 Å². The van der Waals surface area contributed by atoms with Crippen LogP contribution in [0.2, 0.25) is 0 Å². The van der Waals surface area contributed by atoms with Crippen LogP contribution in [0.4, 0.5) is 0 Å². The van der Waals surface area contributed by atoms with Crippen LogP contribution in [-0.2, 0) is 6.54 Å². The Labute approximate surface area is 107 Å². The van der Waals surface area contributed by atoms with E-state index in [1.165, 1.54) is 6.20 Å². The summed E-state index contributed by atoms with van der Waals surface area (Å²) in [5.41, 5.74) is 1.13. The van der Waals surface area contributed by atoms with E-state index in [1.54, 1.807) is 0 Å². The van der Waals surface area contributed by atoms with Gasteiger partial charge in [0.25, 0.3) is 0 Å². The van der Waals surface area contributed by atoms with Crippen LogP contribution >= 0.6 is 0 Å². The van der Waals surface area contributed by atoms with Crippen molar-refractivity contribution in [3.63, 3.8) is 0 Å². The zero-order chi connectivity index (χ0) is 13.1. The molecule has 0 unspecified atom stereocenters. The van der Waals surface area contributed by atoms with E-state index in [9.17, 15) is 9.90 Å². The molecular formula is C12H20N4O2. The Hall–Kier alpha value is -1.40. The van der Waals surface area contributed by atoms with Gasteiger partial charge in [0.05, 0.1) is 11.9 Å². The molecule has 1 aromatic heterocycles. The number of nitrogens with zero attached hydrogens (tertiary/aromatic N) is 3. The number of hydrogen-bond donors (Lipinski definition) is 2. The molecule has 0 atom stereocenters. The molecule has 2 heterocycles. The molecule has 0 spiro atoms. The van der Waals surface area contributed by atoms with Gasteiger partial charge < -0.3 is 10.4 Å². The average molecular weight is 252 g/mol. The molecule has 1 aliphatic rings. The van der Waals surface area contributed by atoms with Gasteiger partial charge in [0.1, 0.15) is 5.56 Å². The number of carboxylic acid groups (broad SMARTS) is 1. The lowest BCUT2D eigenvalue weighted by atomic mass is 10.2. The summed E-state index contributed by atoms with van der Waals surface area (Å²) in [4.78, 5) is 13.5. The topological polar surface area (TPSA) is 70.4 Å². The van der Waals surface area contributed by atoms with Gasteiger partial charge in [0, 0.05) is 38.8 Å². The molecule has 0 aromatic carbocycles. The van der Waals surface area contributed by atoms with Gasteiger partial charge in [0.15, 0.2) is 0 Å². The molecular weight excluding hydrogens is 232 g/mol. The largest absolute Gasteiger partial charge is 0.478 e. The Balaban J connectivity index is 2.22. The van der Waals surface area contributed by atoms with Crippen LogP contribution in [0.3, 0.4) is 0 Å². The second kappa shape index (κ2) is 5.49. The smallest absolute Gasteiger partial charge is 0.339 e. The van der Waals surface area contributed by atoms with Crippen LogP contribution in [-0.4, -0.2) is 51.9 Å². The maximum atomic E-state index is 11.2. The summed E-state index contributed by atoms with van der Waals surface area (Å²) in [6.45, 7) is 8.49. The quantitative estimate of drug-likeness (QED) is 0.819. The summed E-state index contributed by atoms with van der Waals surface area (Å²) in [6, 6.07) is 0.177. The van der Waals surface area contributed by atoms with E-state index < -0.39 is 5.97 Å². The van der Waals surface area contributed by atoms with Crippen molar-refractivity contribution in [3.8, 4) is 0 Å². The molecule has 1 aliphatic heterocycles. The number of piperazine rings is 1. The molecule has 0 aliphatic carbocycles. The van der Waals surface area contributed by atoms with Gasteiger partial charge >= 0.3 is 5.97 Å². The monoisotopic (exact) mass is 252 g/mol. The summed E-state index contributed by atoms with van der Waals surface area (Å²) in [5, 5.41) is 16.7. The normalized spacial score (nSPS) is 17.3. The molecule has 0 amide bonds. The van der Waals surface area contributed by atoms with E-state index in [0.29, 0.717) is 12.1 Å². The predicted molar refractivity (Wildman–Crippen MR) is 67.7 cm³/mol. The van der Waals surface area contributed by atoms with Crippen LogP contribution in [0.5, 0.6) is 0 Å². The number of carboxylic acids is 1. The Morgan fingerprint density at radius 2 is 2.17 bits per heavy atom. The van der Waals surface area contributed by atoms with Crippen molar-refractivity contribution < 1.29 is 9.90 Å². The minimum absolute atomic E-state index is 0.177. The number of rotatable bonds is 4. The number of aromatic carboxylic acids is 1. The Morgan fingerprint density at radius 3 is 2.72 bits per heavy atom. The first-order valence-electron chi connectivity index (χ1n) is 6.32. The van der Waals surface area contributed by atoms with E-state index >= 15 is 0 Å². The van der Waals surface area contributed by atoms with Crippen molar-refractivity contribution in [2.75, 3.05) is 26.2 Å². The summed E-state index contributed by atoms with van der Waals surface area (Å²) in [6.07, 6.45) is 1.46. The summed E-state index contributed by atoms with van der Waals surface area (Å²) >= 11 is 0. The number of aromatic nitrogens is 2. The first-order valence-corrected chi connectivity index (χ1v) is 6.32. The molecule has 2 rings (SSSR count). The zero-order valence-corrected chi connectivity index (χ0v) is 10.9. The van der Waals surface area contributed by atoms with Crippen molar-refractivity contribution >= 4 is 5.97 Å². The summed E-state index contributed by atoms with van der Waals surface area (Å²) in [7, 11) is 0. The highest BCUT2D eigenvalue weighted by Crippen LogP contribution is 2.16. The third kappa shape index (κ3) is 2.70. The number of hydrogen-bond acceptors (Lipinski definition) is 4. The van der Waals surface area contributed by atoms with E-state index in [0.717, 1.165) is 31.9 Å². The van der Waals surface area contributed by atoms with Crippen LogP contribution in [0.1, 0.15) is 35.9 Å². The Kier molecular flexibility index (Phi) is 3.98. The molecule has 1 aromatic rings. The van der Waals surface area contributed by atoms with Gasteiger partial charge in [-0.2, -0.15) is 5.10 Å². The Bertz CT molecular complexity index is 422. The highest BCUT2D eigenvalue weighted by molar-refractivity contribution is 5.88. The van der Waals surface area contributed by atoms with E-state index in [4.69, 9.17) is 0 Å². The van der Waals surface area contributed by atoms with Crippen LogP contribution in [0.15, 0.2) is 6.20 Å². The fourth-order valence-corrected chi connectivity index (χ4v) is 2.25. The van der Waals surface area contributed by atoms with Gasteiger partial charge in [0.2, 0.25) is 0 Å². The van der Waals surface area contributed by atoms with E-state index in [1.807, 2.05) is 18.5 Å². The summed E-state index contributed by atoms with van der Waals surface area (Å²) < 4.78 is 1.81. The van der Waals surface area contributed by atoms with Gasteiger partial charge in [-0.25, -0.2) is 4.79 Å². The first kappa shape index (κ1) is 13.0. The third-order valence-corrected chi connectivity index (χ3v) is 3.20. The van der Waals surface area contributed by atoms with Crippen molar-refractivity contribution in [2.45, 2.75) is 26.4 Å². The van der Waals surface area contributed by atoms with E-state index in [2.05, 4.69) is 15.3 Å². The van der Waals surface area contributed by atoms with Crippen molar-refractivity contribution in [2.24, 2.45) is 0 Å². The highest BCUT2D eigenvalue weighted by atomic mass is 16.4. The average Bonchev–Trinajstić information content (AvgIpc) is 2.74. The van der Waals surface area contributed by atoms with Crippen molar-refractivity contribution in [1.29, 1.82) is 0 Å². The molecule has 6 heteroatoms. The Morgan fingerprint density at radius 1 is 1.50 bits per heavy atom. The molecule has 2 N–H and O–H groups in total. The standard InChI is InChI=1S/C12H20N4O2/c1-9(2)16-11(10(7-14-16)12(17)18)8-15-5-3-13-4-6-15/h7,9,13H,3-6,8H2,1-2H3,(H,17,18). The molecule has 1 saturated heterocycles. The second-order valence-electron chi connectivity index (χ2n) is 4.87. The lowest BCUT2D eigenvalue weighted by molar-refractivity contribution is 0.0694. The van der Waals surface area contributed by atoms with Crippen LogP contribution in [0, 0.1) is 0 Å². The first-order chi connectivity index (χ1) is 8.59. The second-order valence-corrected chi connectivity index (χ2v) is 4.87. The SMILES string of the molecule is CC(C)n1ncc(C(=O)O)c1CN1CCNCC1. The maximum Gasteiger partial charge on any atom is 0.339 e. The van der Waals surface area contributed by atoms with Gasteiger partial charge in [-0.15, -0.1) is 0 Å². The predicted octanol–water partition coefficient (Wildman–Crippen LogP) is 0.567. The van der Waals surface area contributed by atoms with Crippen LogP contribution in [0.25, 0.3) is 0 Å². The van der Waals surface area contributed by atoms with Crippen molar-refractivity contribution in [1.82, 2.24) is 20.0 Å². The van der Waals surface area contributed by atoms with Gasteiger partial charge in [-0.3, -0.25) is 9.58 Å². The van der Waals surface area contributed by atoms with E-state index in [-0.39, 0.29) is 6.04 Å². The minimum atomic E-state index is -0.896. The lowest BCUT2D eigenvalue weighted by Crippen LogP contribution is -2.43. The third-order valence-electron chi connectivity index (χ3n) is 3.20. The van der Waals surface area contributed by atoms with Gasteiger partial charge in [-0.05, 0) is 13.8 Å². The fraction of sp³-hybridized carbons (Fsp3) is 0.667. The molecule has 1 fully saturated rings. The van der Waals surface area contributed by atoms with Gasteiger partial charge in [-0.1, -0.05) is 0 Å². The molecule has 0 bridgehead atoms. The number of carbonyl (C=O) groups is 1. The van der Waals surface area contributed by atoms with Crippen molar-refractivity contribution in [3.05, 3.63) is 17.5 Å². The number of nitrogens with one attached hydrogen (secondary N) is 1. The summed E-state index contributed by atoms with van der Waals surface area (Å²) in [5.74, 6) is -0.896. The minimum Gasteiger partial charge on any atom is -0.478 e. The highest BCUT2D eigenvalue weighted by Gasteiger charge is 2.21. The molecule has 6 nitrogen and oxygen atoms in total. The maximum absolute atomic E-state index is 11.2.